The van der Waals surface area contributed by atoms with Crippen LogP contribution in [0.25, 0.3) is 0 Å². The predicted octanol–water partition coefficient (Wildman–Crippen LogP) is 1.15. The van der Waals surface area contributed by atoms with Gasteiger partial charge in [0.05, 0.1) is 6.10 Å². The van der Waals surface area contributed by atoms with Crippen LogP contribution in [0.3, 0.4) is 0 Å². The summed E-state index contributed by atoms with van der Waals surface area (Å²) < 4.78 is 5.60. The number of hydrogen-bond acceptors (Lipinski definition) is 3. The molecule has 0 saturated carbocycles. The molecule has 2 heterocycles. The van der Waals surface area contributed by atoms with Crippen molar-refractivity contribution < 1.29 is 4.74 Å². The summed E-state index contributed by atoms with van der Waals surface area (Å²) in [5.74, 6) is 0. The zero-order valence-corrected chi connectivity index (χ0v) is 9.25. The predicted molar refractivity (Wildman–Crippen MR) is 57.4 cm³/mol. The van der Waals surface area contributed by atoms with Crippen molar-refractivity contribution in [3.05, 3.63) is 0 Å². The first-order valence-corrected chi connectivity index (χ1v) is 5.96. The summed E-state index contributed by atoms with van der Waals surface area (Å²) in [4.78, 5) is 2.27. The molecule has 14 heavy (non-hydrogen) atoms. The average Bonchev–Trinajstić information content (AvgIpc) is 2.66. The molecule has 0 radical (unpaired) electrons. The fourth-order valence-corrected chi connectivity index (χ4v) is 2.61. The summed E-state index contributed by atoms with van der Waals surface area (Å²) in [6.45, 7) is 2.95. The van der Waals surface area contributed by atoms with Gasteiger partial charge in [0, 0.05) is 19.2 Å². The lowest BCUT2D eigenvalue weighted by Crippen LogP contribution is -2.51. The van der Waals surface area contributed by atoms with E-state index in [-0.39, 0.29) is 11.5 Å². The van der Waals surface area contributed by atoms with Gasteiger partial charge in [-0.05, 0) is 32.2 Å². The van der Waals surface area contributed by atoms with Crippen molar-refractivity contribution in [3.63, 3.8) is 0 Å². The number of piperidine rings is 1. The van der Waals surface area contributed by atoms with Gasteiger partial charge in [0.1, 0.15) is 5.50 Å². The van der Waals surface area contributed by atoms with E-state index in [2.05, 4.69) is 4.90 Å². The second kappa shape index (κ2) is 4.79. The van der Waals surface area contributed by atoms with E-state index < -0.39 is 0 Å². The van der Waals surface area contributed by atoms with Crippen LogP contribution >= 0.6 is 11.6 Å². The molecule has 0 aromatic rings. The Morgan fingerprint density at radius 1 is 1.36 bits per heavy atom. The maximum absolute atomic E-state index is 6.26. The molecule has 82 valence electrons. The van der Waals surface area contributed by atoms with Crippen molar-refractivity contribution >= 4 is 11.6 Å². The van der Waals surface area contributed by atoms with Gasteiger partial charge in [-0.2, -0.15) is 0 Å². The number of nitrogens with two attached hydrogens (primary N) is 1. The Balaban J connectivity index is 1.83. The van der Waals surface area contributed by atoms with Crippen molar-refractivity contribution in [2.24, 2.45) is 5.73 Å². The minimum Gasteiger partial charge on any atom is -0.377 e. The average molecular weight is 219 g/mol. The summed E-state index contributed by atoms with van der Waals surface area (Å²) in [5.41, 5.74) is 5.94. The molecule has 0 aliphatic carbocycles. The smallest absolute Gasteiger partial charge is 0.100 e. The largest absolute Gasteiger partial charge is 0.377 e. The maximum Gasteiger partial charge on any atom is 0.100 e. The van der Waals surface area contributed by atoms with Gasteiger partial charge in [0.2, 0.25) is 0 Å². The third kappa shape index (κ3) is 2.40. The highest BCUT2D eigenvalue weighted by molar-refractivity contribution is 6.20. The van der Waals surface area contributed by atoms with Crippen LogP contribution in [0.2, 0.25) is 0 Å². The maximum atomic E-state index is 6.26. The van der Waals surface area contributed by atoms with Gasteiger partial charge in [-0.15, -0.1) is 11.6 Å². The Labute approximate surface area is 90.5 Å². The molecule has 0 amide bonds. The summed E-state index contributed by atoms with van der Waals surface area (Å²) in [7, 11) is 0. The Kier molecular flexibility index (Phi) is 3.66. The molecule has 0 aromatic heterocycles. The van der Waals surface area contributed by atoms with Gasteiger partial charge >= 0.3 is 0 Å². The second-order valence-electron chi connectivity index (χ2n) is 4.31. The van der Waals surface area contributed by atoms with Crippen molar-refractivity contribution in [2.75, 3.05) is 19.7 Å². The highest BCUT2D eigenvalue weighted by Gasteiger charge is 2.29. The van der Waals surface area contributed by atoms with Gasteiger partial charge in [0.25, 0.3) is 0 Å². The highest BCUT2D eigenvalue weighted by Crippen LogP contribution is 2.22. The molecule has 2 aliphatic heterocycles. The van der Waals surface area contributed by atoms with Gasteiger partial charge < -0.3 is 10.5 Å². The molecule has 2 rings (SSSR count). The Hall–Kier alpha value is 0.170. The molecule has 3 nitrogen and oxygen atoms in total. The first kappa shape index (κ1) is 10.7. The fraction of sp³-hybridized carbons (Fsp3) is 1.00. The quantitative estimate of drug-likeness (QED) is 0.559. The summed E-state index contributed by atoms with van der Waals surface area (Å²) in [5, 5.41) is 0. The van der Waals surface area contributed by atoms with Crippen molar-refractivity contribution in [3.8, 4) is 0 Å². The number of halogens is 1. The van der Waals surface area contributed by atoms with E-state index in [0.29, 0.717) is 6.10 Å². The van der Waals surface area contributed by atoms with Crippen molar-refractivity contribution in [2.45, 2.75) is 43.3 Å². The molecule has 0 spiro atoms. The van der Waals surface area contributed by atoms with E-state index in [1.165, 1.54) is 12.8 Å². The standard InChI is InChI=1S/C10H19ClN2O/c11-10-9(12)4-1-5-13(10)7-8-3-2-6-14-8/h8-10H,1-7,12H2. The number of nitrogens with zero attached hydrogens (tertiary/aromatic N) is 1. The van der Waals surface area contributed by atoms with Crippen LogP contribution in [0, 0.1) is 0 Å². The third-order valence-corrected chi connectivity index (χ3v) is 3.75. The molecule has 2 N–H and O–H groups in total. The molecular weight excluding hydrogens is 200 g/mol. The number of ether oxygens (including phenoxy) is 1. The minimum atomic E-state index is 0.00736. The molecule has 3 atom stereocenters. The van der Waals surface area contributed by atoms with Crippen LogP contribution in [0.5, 0.6) is 0 Å². The van der Waals surface area contributed by atoms with Crippen LogP contribution in [0.1, 0.15) is 25.7 Å². The van der Waals surface area contributed by atoms with E-state index in [4.69, 9.17) is 22.1 Å². The topological polar surface area (TPSA) is 38.5 Å². The van der Waals surface area contributed by atoms with E-state index in [9.17, 15) is 0 Å². The lowest BCUT2D eigenvalue weighted by molar-refractivity contribution is 0.0561. The molecule has 2 saturated heterocycles. The van der Waals surface area contributed by atoms with E-state index in [0.717, 1.165) is 32.5 Å². The van der Waals surface area contributed by atoms with Gasteiger partial charge in [-0.3, -0.25) is 4.90 Å². The zero-order chi connectivity index (χ0) is 9.97. The van der Waals surface area contributed by atoms with E-state index in [1.807, 2.05) is 0 Å². The third-order valence-electron chi connectivity index (χ3n) is 3.15. The minimum absolute atomic E-state index is 0.00736. The van der Waals surface area contributed by atoms with Crippen LogP contribution in [0.4, 0.5) is 0 Å². The highest BCUT2D eigenvalue weighted by atomic mass is 35.5. The summed E-state index contributed by atoms with van der Waals surface area (Å²) in [6.07, 6.45) is 4.97. The van der Waals surface area contributed by atoms with Gasteiger partial charge in [0.15, 0.2) is 0 Å². The van der Waals surface area contributed by atoms with Crippen molar-refractivity contribution in [1.82, 2.24) is 4.90 Å². The number of likely N-dealkylation sites (tertiary alicyclic amines) is 1. The van der Waals surface area contributed by atoms with E-state index in [1.54, 1.807) is 0 Å². The first-order valence-electron chi connectivity index (χ1n) is 5.52. The molecule has 0 bridgehead atoms. The van der Waals surface area contributed by atoms with E-state index >= 15 is 0 Å². The van der Waals surface area contributed by atoms with Gasteiger partial charge in [-0.1, -0.05) is 0 Å². The van der Waals surface area contributed by atoms with Crippen molar-refractivity contribution in [1.29, 1.82) is 0 Å². The lowest BCUT2D eigenvalue weighted by atomic mass is 10.1. The lowest BCUT2D eigenvalue weighted by Gasteiger charge is -2.36. The zero-order valence-electron chi connectivity index (χ0n) is 8.49. The monoisotopic (exact) mass is 218 g/mol. The molecule has 3 unspecified atom stereocenters. The molecule has 2 aliphatic rings. The molecule has 2 fully saturated rings. The van der Waals surface area contributed by atoms with Crippen LogP contribution in [-0.2, 0) is 4.74 Å². The normalized spacial score (nSPS) is 40.3. The van der Waals surface area contributed by atoms with Crippen LogP contribution < -0.4 is 5.73 Å². The molecular formula is C10H19ClN2O. The molecule has 4 heteroatoms. The number of rotatable bonds is 2. The number of alkyl halides is 1. The fourth-order valence-electron chi connectivity index (χ4n) is 2.30. The Morgan fingerprint density at radius 3 is 2.93 bits per heavy atom. The molecule has 0 aromatic carbocycles. The van der Waals surface area contributed by atoms with Crippen LogP contribution in [-0.4, -0.2) is 42.2 Å². The second-order valence-corrected chi connectivity index (χ2v) is 4.76. The SMILES string of the molecule is NC1CCCN(CC2CCCO2)C1Cl. The summed E-state index contributed by atoms with van der Waals surface area (Å²) in [6, 6.07) is 0.131. The summed E-state index contributed by atoms with van der Waals surface area (Å²) >= 11 is 6.26. The Morgan fingerprint density at radius 2 is 2.21 bits per heavy atom. The van der Waals surface area contributed by atoms with Gasteiger partial charge in [-0.25, -0.2) is 0 Å². The number of hydrogen-bond donors (Lipinski definition) is 1. The van der Waals surface area contributed by atoms with Crippen LogP contribution in [0.15, 0.2) is 0 Å². The first-order chi connectivity index (χ1) is 6.77. The Bertz CT molecular complexity index is 185.